The van der Waals surface area contributed by atoms with Gasteiger partial charge in [-0.3, -0.25) is 4.79 Å². The molecule has 140 valence electrons. The van der Waals surface area contributed by atoms with Crippen LogP contribution in [0.4, 0.5) is 4.39 Å². The lowest BCUT2D eigenvalue weighted by molar-refractivity contribution is -0.128. The SMILES string of the molecule is CC[C@@H](Oc1ccc(C(C)(C)C)cc1)C(=O)N[C@H](C)c1ccc(F)cc1. The van der Waals surface area contributed by atoms with E-state index < -0.39 is 6.10 Å². The Labute approximate surface area is 155 Å². The van der Waals surface area contributed by atoms with E-state index in [0.29, 0.717) is 12.2 Å². The van der Waals surface area contributed by atoms with Gasteiger partial charge in [-0.05, 0) is 54.2 Å². The molecule has 0 aliphatic carbocycles. The highest BCUT2D eigenvalue weighted by Crippen LogP contribution is 2.25. The molecule has 3 nitrogen and oxygen atoms in total. The van der Waals surface area contributed by atoms with Gasteiger partial charge < -0.3 is 10.1 Å². The van der Waals surface area contributed by atoms with Crippen LogP contribution < -0.4 is 10.1 Å². The summed E-state index contributed by atoms with van der Waals surface area (Å²) in [4.78, 5) is 12.5. The first-order chi connectivity index (χ1) is 12.2. The maximum atomic E-state index is 13.0. The number of halogens is 1. The van der Waals surface area contributed by atoms with Crippen molar-refractivity contribution in [1.82, 2.24) is 5.32 Å². The molecule has 1 N–H and O–H groups in total. The van der Waals surface area contributed by atoms with Crippen LogP contribution in [0.2, 0.25) is 0 Å². The van der Waals surface area contributed by atoms with Crippen LogP contribution in [-0.4, -0.2) is 12.0 Å². The quantitative estimate of drug-likeness (QED) is 0.776. The Balaban J connectivity index is 2.00. The normalized spacial score (nSPS) is 13.8. The summed E-state index contributed by atoms with van der Waals surface area (Å²) in [5.41, 5.74) is 2.14. The van der Waals surface area contributed by atoms with E-state index in [1.54, 1.807) is 12.1 Å². The van der Waals surface area contributed by atoms with Gasteiger partial charge in [0.15, 0.2) is 6.10 Å². The van der Waals surface area contributed by atoms with Crippen LogP contribution in [0.15, 0.2) is 48.5 Å². The van der Waals surface area contributed by atoms with Gasteiger partial charge in [-0.25, -0.2) is 4.39 Å². The summed E-state index contributed by atoms with van der Waals surface area (Å²) in [5.74, 6) is 0.208. The number of carbonyl (C=O) groups excluding carboxylic acids is 1. The maximum Gasteiger partial charge on any atom is 0.261 e. The molecule has 2 rings (SSSR count). The zero-order chi connectivity index (χ0) is 19.3. The Morgan fingerprint density at radius 1 is 1.08 bits per heavy atom. The number of ether oxygens (including phenoxy) is 1. The van der Waals surface area contributed by atoms with Crippen LogP contribution in [0, 0.1) is 5.82 Å². The second-order valence-electron chi connectivity index (χ2n) is 7.57. The van der Waals surface area contributed by atoms with Gasteiger partial charge in [0.1, 0.15) is 11.6 Å². The highest BCUT2D eigenvalue weighted by molar-refractivity contribution is 5.81. The van der Waals surface area contributed by atoms with Gasteiger partial charge in [0.2, 0.25) is 0 Å². The molecule has 0 fully saturated rings. The fourth-order valence-electron chi connectivity index (χ4n) is 2.66. The molecule has 2 aromatic rings. The molecule has 0 spiro atoms. The minimum Gasteiger partial charge on any atom is -0.481 e. The Kier molecular flexibility index (Phi) is 6.41. The third-order valence-corrected chi connectivity index (χ3v) is 4.39. The smallest absolute Gasteiger partial charge is 0.261 e. The third-order valence-electron chi connectivity index (χ3n) is 4.39. The summed E-state index contributed by atoms with van der Waals surface area (Å²) in [6.07, 6.45) is -0.0124. The lowest BCUT2D eigenvalue weighted by Gasteiger charge is -2.22. The summed E-state index contributed by atoms with van der Waals surface area (Å²) in [6, 6.07) is 13.8. The summed E-state index contributed by atoms with van der Waals surface area (Å²) in [7, 11) is 0. The molecular weight excluding hydrogens is 329 g/mol. The predicted molar refractivity (Wildman–Crippen MR) is 103 cm³/mol. The molecule has 0 bridgehead atoms. The van der Waals surface area contributed by atoms with Crippen LogP contribution in [0.1, 0.15) is 58.2 Å². The van der Waals surface area contributed by atoms with E-state index >= 15 is 0 Å². The number of benzene rings is 2. The summed E-state index contributed by atoms with van der Waals surface area (Å²) in [6.45, 7) is 10.2. The minimum absolute atomic E-state index is 0.0741. The molecule has 0 aliphatic heterocycles. The summed E-state index contributed by atoms with van der Waals surface area (Å²) in [5, 5.41) is 2.94. The van der Waals surface area contributed by atoms with Crippen molar-refractivity contribution >= 4 is 5.91 Å². The molecule has 2 aromatic carbocycles. The van der Waals surface area contributed by atoms with Gasteiger partial charge in [-0.1, -0.05) is 52.0 Å². The van der Waals surface area contributed by atoms with Crippen molar-refractivity contribution in [1.29, 1.82) is 0 Å². The molecule has 4 heteroatoms. The highest BCUT2D eigenvalue weighted by atomic mass is 19.1. The van der Waals surface area contributed by atoms with E-state index in [4.69, 9.17) is 4.74 Å². The molecule has 0 aliphatic rings. The Morgan fingerprint density at radius 3 is 2.15 bits per heavy atom. The van der Waals surface area contributed by atoms with Crippen molar-refractivity contribution < 1.29 is 13.9 Å². The van der Waals surface area contributed by atoms with Crippen LogP contribution in [-0.2, 0) is 10.2 Å². The van der Waals surface area contributed by atoms with Crippen molar-refractivity contribution in [3.63, 3.8) is 0 Å². The van der Waals surface area contributed by atoms with E-state index in [9.17, 15) is 9.18 Å². The molecule has 0 heterocycles. The van der Waals surface area contributed by atoms with Gasteiger partial charge >= 0.3 is 0 Å². The largest absolute Gasteiger partial charge is 0.481 e. The number of carbonyl (C=O) groups is 1. The zero-order valence-corrected chi connectivity index (χ0v) is 16.2. The first-order valence-electron chi connectivity index (χ1n) is 9.03. The van der Waals surface area contributed by atoms with Crippen molar-refractivity contribution in [3.8, 4) is 5.75 Å². The number of amides is 1. The molecular formula is C22H28FNO2. The lowest BCUT2D eigenvalue weighted by Crippen LogP contribution is -2.39. The van der Waals surface area contributed by atoms with Gasteiger partial charge in [-0.2, -0.15) is 0 Å². The molecule has 0 aromatic heterocycles. The molecule has 1 amide bonds. The molecule has 2 atom stereocenters. The number of hydrogen-bond acceptors (Lipinski definition) is 2. The number of nitrogens with one attached hydrogen (secondary N) is 1. The molecule has 26 heavy (non-hydrogen) atoms. The van der Waals surface area contributed by atoms with Crippen molar-refractivity contribution in [2.45, 2.75) is 58.6 Å². The van der Waals surface area contributed by atoms with Crippen LogP contribution in [0.25, 0.3) is 0 Å². The third kappa shape index (κ3) is 5.32. The van der Waals surface area contributed by atoms with E-state index in [2.05, 4.69) is 26.1 Å². The van der Waals surface area contributed by atoms with Gasteiger partial charge in [0, 0.05) is 0 Å². The van der Waals surface area contributed by atoms with E-state index in [1.807, 2.05) is 38.1 Å². The second kappa shape index (κ2) is 8.35. The molecule has 0 radical (unpaired) electrons. The fraction of sp³-hybridized carbons (Fsp3) is 0.409. The fourth-order valence-corrected chi connectivity index (χ4v) is 2.66. The second-order valence-corrected chi connectivity index (χ2v) is 7.57. The standard InChI is InChI=1S/C22H28FNO2/c1-6-20(26-19-13-9-17(10-14-19)22(3,4)5)21(25)24-15(2)16-7-11-18(23)12-8-16/h7-15,20H,6H2,1-5H3,(H,24,25)/t15-,20-/m1/s1. The van der Waals surface area contributed by atoms with Gasteiger partial charge in [-0.15, -0.1) is 0 Å². The first kappa shape index (κ1) is 20.0. The van der Waals surface area contributed by atoms with Crippen LogP contribution in [0.3, 0.4) is 0 Å². The van der Waals surface area contributed by atoms with Crippen LogP contribution in [0.5, 0.6) is 5.75 Å². The highest BCUT2D eigenvalue weighted by Gasteiger charge is 2.21. The average molecular weight is 357 g/mol. The maximum absolute atomic E-state index is 13.0. The minimum atomic E-state index is -0.571. The van der Waals surface area contributed by atoms with Gasteiger partial charge in [0.25, 0.3) is 5.91 Å². The average Bonchev–Trinajstić information content (AvgIpc) is 2.59. The van der Waals surface area contributed by atoms with Crippen molar-refractivity contribution in [3.05, 3.63) is 65.5 Å². The van der Waals surface area contributed by atoms with E-state index in [0.717, 1.165) is 5.56 Å². The van der Waals surface area contributed by atoms with Crippen molar-refractivity contribution in [2.24, 2.45) is 0 Å². The lowest BCUT2D eigenvalue weighted by atomic mass is 9.87. The van der Waals surface area contributed by atoms with Crippen LogP contribution >= 0.6 is 0 Å². The predicted octanol–water partition coefficient (Wildman–Crippen LogP) is 5.16. The Bertz CT molecular complexity index is 717. The molecule has 0 saturated carbocycles. The Hall–Kier alpha value is -2.36. The topological polar surface area (TPSA) is 38.3 Å². The van der Waals surface area contributed by atoms with Gasteiger partial charge in [0.05, 0.1) is 6.04 Å². The van der Waals surface area contributed by atoms with E-state index in [-0.39, 0.29) is 23.2 Å². The monoisotopic (exact) mass is 357 g/mol. The first-order valence-corrected chi connectivity index (χ1v) is 9.03. The number of hydrogen-bond donors (Lipinski definition) is 1. The summed E-state index contributed by atoms with van der Waals surface area (Å²) < 4.78 is 18.9. The van der Waals surface area contributed by atoms with Crippen molar-refractivity contribution in [2.75, 3.05) is 0 Å². The Morgan fingerprint density at radius 2 is 1.65 bits per heavy atom. The summed E-state index contributed by atoms with van der Waals surface area (Å²) >= 11 is 0. The molecule has 0 saturated heterocycles. The number of rotatable bonds is 6. The van der Waals surface area contributed by atoms with E-state index in [1.165, 1.54) is 17.7 Å². The molecule has 0 unspecified atom stereocenters. The zero-order valence-electron chi connectivity index (χ0n) is 16.2.